The summed E-state index contributed by atoms with van der Waals surface area (Å²) in [4.78, 5) is 13.3. The van der Waals surface area contributed by atoms with E-state index < -0.39 is 5.41 Å². The summed E-state index contributed by atoms with van der Waals surface area (Å²) in [6.45, 7) is 5.53. The Hall–Kier alpha value is -2.40. The quantitative estimate of drug-likeness (QED) is 0.348. The smallest absolute Gasteiger partial charge is 0.253 e. The van der Waals surface area contributed by atoms with E-state index in [0.29, 0.717) is 6.04 Å². The molecule has 2 unspecified atom stereocenters. The first-order valence-electron chi connectivity index (χ1n) is 12.1. The fourth-order valence-electron chi connectivity index (χ4n) is 5.80. The fraction of sp³-hybridized carbons (Fsp3) is 0.429. The summed E-state index contributed by atoms with van der Waals surface area (Å²) in [6, 6.07) is 20.7. The third-order valence-corrected chi connectivity index (χ3v) is 7.46. The molecular weight excluding hydrogens is 474 g/mol. The van der Waals surface area contributed by atoms with Crippen LogP contribution in [0.5, 0.6) is 0 Å². The summed E-state index contributed by atoms with van der Waals surface area (Å²) < 4.78 is 4.80. The summed E-state index contributed by atoms with van der Waals surface area (Å²) >= 11 is 0. The van der Waals surface area contributed by atoms with Crippen LogP contribution in [-0.4, -0.2) is 10.5 Å². The van der Waals surface area contributed by atoms with E-state index in [1.165, 1.54) is 25.1 Å². The Morgan fingerprint density at radius 2 is 1.64 bits per heavy atom. The Kier molecular flexibility index (Phi) is 8.52. The normalized spacial score (nSPS) is 18.1. The summed E-state index contributed by atoms with van der Waals surface area (Å²) in [5.74, 6) is 1.21. The molecule has 1 saturated carbocycles. The first-order chi connectivity index (χ1) is 15.6. The Bertz CT molecular complexity index is 992. The lowest BCUT2D eigenvalue weighted by Crippen LogP contribution is -3.00. The van der Waals surface area contributed by atoms with Gasteiger partial charge in [-0.15, -0.1) is 0 Å². The number of nitrogens with zero attached hydrogens (tertiary/aromatic N) is 2. The second-order valence-corrected chi connectivity index (χ2v) is 9.22. The van der Waals surface area contributed by atoms with Gasteiger partial charge >= 0.3 is 0 Å². The van der Waals surface area contributed by atoms with Crippen molar-refractivity contribution in [3.8, 4) is 0 Å². The average Bonchev–Trinajstić information content (AvgIpc) is 3.43. The summed E-state index contributed by atoms with van der Waals surface area (Å²) in [5, 5.41) is 0. The molecule has 0 aliphatic heterocycles. The molecule has 2 N–H and O–H groups in total. The van der Waals surface area contributed by atoms with Gasteiger partial charge in [-0.05, 0) is 49.1 Å². The molecule has 176 valence electrons. The van der Waals surface area contributed by atoms with E-state index in [-0.39, 0.29) is 28.8 Å². The first-order valence-corrected chi connectivity index (χ1v) is 12.1. The lowest BCUT2D eigenvalue weighted by Gasteiger charge is -2.37. The second kappa shape index (κ2) is 11.1. The van der Waals surface area contributed by atoms with E-state index >= 15 is 0 Å². The predicted molar refractivity (Wildman–Crippen MR) is 128 cm³/mol. The fourth-order valence-corrected chi connectivity index (χ4v) is 5.80. The molecule has 5 heteroatoms. The van der Waals surface area contributed by atoms with Crippen molar-refractivity contribution >= 4 is 5.91 Å². The molecule has 0 saturated heterocycles. The third kappa shape index (κ3) is 4.79. The first kappa shape index (κ1) is 25.2. The number of halogens is 1. The number of carbonyl (C=O) groups is 1. The molecule has 1 aliphatic rings. The van der Waals surface area contributed by atoms with E-state index in [2.05, 4.69) is 59.6 Å². The molecule has 0 radical (unpaired) electrons. The standard InChI is InChI=1S/C28H35N3O.BrH/c1-3-4-11-18-30-19-20-31(22(30)2)26-17-16-25(21-26)28(27(29)32,23-12-7-5-8-13-23)24-14-9-6-10-15-24;/h5-10,12-15,19-20,25-26H,3-4,11,16-18,21H2,1-2H3,(H-,29,32);1H. The van der Waals surface area contributed by atoms with Crippen molar-refractivity contribution in [2.45, 2.75) is 70.4 Å². The third-order valence-electron chi connectivity index (χ3n) is 7.46. The van der Waals surface area contributed by atoms with Gasteiger partial charge in [-0.3, -0.25) is 4.79 Å². The van der Waals surface area contributed by atoms with Crippen LogP contribution in [0.25, 0.3) is 0 Å². The number of nitrogens with two attached hydrogens (primary N) is 1. The zero-order valence-electron chi connectivity index (χ0n) is 19.8. The van der Waals surface area contributed by atoms with Crippen molar-refractivity contribution in [1.82, 2.24) is 4.57 Å². The number of rotatable bonds is 9. The lowest BCUT2D eigenvalue weighted by molar-refractivity contribution is -0.703. The van der Waals surface area contributed by atoms with Gasteiger partial charge in [-0.1, -0.05) is 74.0 Å². The zero-order chi connectivity index (χ0) is 22.6. The molecule has 3 aromatic rings. The van der Waals surface area contributed by atoms with E-state index in [1.54, 1.807) is 0 Å². The summed E-state index contributed by atoms with van der Waals surface area (Å²) in [5.41, 5.74) is 7.45. The van der Waals surface area contributed by atoms with Gasteiger partial charge < -0.3 is 22.7 Å². The highest BCUT2D eigenvalue weighted by molar-refractivity contribution is 5.91. The lowest BCUT2D eigenvalue weighted by atomic mass is 9.64. The maximum atomic E-state index is 13.3. The van der Waals surface area contributed by atoms with Crippen molar-refractivity contribution in [2.24, 2.45) is 11.7 Å². The molecule has 1 aromatic heterocycles. The van der Waals surface area contributed by atoms with Crippen LogP contribution in [0.3, 0.4) is 0 Å². The molecule has 4 rings (SSSR count). The number of amides is 1. The van der Waals surface area contributed by atoms with Gasteiger partial charge in [0.2, 0.25) is 5.91 Å². The minimum absolute atomic E-state index is 0. The van der Waals surface area contributed by atoms with Crippen LogP contribution in [0.1, 0.15) is 68.4 Å². The molecule has 33 heavy (non-hydrogen) atoms. The van der Waals surface area contributed by atoms with Crippen molar-refractivity contribution < 1.29 is 26.3 Å². The minimum Gasteiger partial charge on any atom is -1.00 e. The van der Waals surface area contributed by atoms with E-state index in [1.807, 2.05) is 36.4 Å². The number of aromatic nitrogens is 2. The van der Waals surface area contributed by atoms with Crippen LogP contribution in [0.4, 0.5) is 0 Å². The van der Waals surface area contributed by atoms with Crippen molar-refractivity contribution in [3.63, 3.8) is 0 Å². The molecule has 2 atom stereocenters. The largest absolute Gasteiger partial charge is 1.00 e. The topological polar surface area (TPSA) is 51.9 Å². The maximum absolute atomic E-state index is 13.3. The minimum atomic E-state index is -0.810. The molecule has 0 spiro atoms. The van der Waals surface area contributed by atoms with Crippen molar-refractivity contribution in [3.05, 3.63) is 90.0 Å². The Balaban J connectivity index is 0.00000306. The molecule has 4 nitrogen and oxygen atoms in total. The highest BCUT2D eigenvalue weighted by Crippen LogP contribution is 2.49. The summed E-state index contributed by atoms with van der Waals surface area (Å²) in [6.07, 6.45) is 11.1. The monoisotopic (exact) mass is 509 g/mol. The van der Waals surface area contributed by atoms with E-state index in [4.69, 9.17) is 5.73 Å². The number of aryl methyl sites for hydroxylation is 1. The van der Waals surface area contributed by atoms with Crippen LogP contribution in [0.2, 0.25) is 0 Å². The summed E-state index contributed by atoms with van der Waals surface area (Å²) in [7, 11) is 0. The molecular formula is C28H36BrN3O. The Morgan fingerprint density at radius 1 is 1.03 bits per heavy atom. The Morgan fingerprint density at radius 3 is 2.18 bits per heavy atom. The number of imidazole rings is 1. The maximum Gasteiger partial charge on any atom is 0.253 e. The molecule has 1 amide bonds. The van der Waals surface area contributed by atoms with E-state index in [0.717, 1.165) is 36.9 Å². The van der Waals surface area contributed by atoms with Crippen LogP contribution < -0.4 is 27.3 Å². The highest BCUT2D eigenvalue weighted by Gasteiger charge is 2.51. The predicted octanol–water partition coefficient (Wildman–Crippen LogP) is 2.09. The van der Waals surface area contributed by atoms with Crippen molar-refractivity contribution in [2.75, 3.05) is 0 Å². The van der Waals surface area contributed by atoms with Crippen molar-refractivity contribution in [1.29, 1.82) is 0 Å². The van der Waals surface area contributed by atoms with Crippen LogP contribution in [0.15, 0.2) is 73.1 Å². The molecule has 2 aromatic carbocycles. The van der Waals surface area contributed by atoms with Gasteiger partial charge in [0.15, 0.2) is 0 Å². The van der Waals surface area contributed by atoms with Crippen LogP contribution in [-0.2, 0) is 16.8 Å². The molecule has 1 heterocycles. The average molecular weight is 511 g/mol. The molecule has 1 fully saturated rings. The Labute approximate surface area is 208 Å². The van der Waals surface area contributed by atoms with Gasteiger partial charge in [0.1, 0.15) is 23.9 Å². The SMILES string of the molecule is CCCCC[n+]1ccn(C2CCC(C(C(N)=O)(c3ccccc3)c3ccccc3)C2)c1C.[Br-]. The zero-order valence-corrected chi connectivity index (χ0v) is 21.4. The van der Waals surface area contributed by atoms with Gasteiger partial charge in [0.25, 0.3) is 5.82 Å². The van der Waals surface area contributed by atoms with Gasteiger partial charge in [-0.2, -0.15) is 0 Å². The highest BCUT2D eigenvalue weighted by atomic mass is 79.9. The molecule has 0 bridgehead atoms. The van der Waals surface area contributed by atoms with Crippen LogP contribution >= 0.6 is 0 Å². The number of hydrogen-bond acceptors (Lipinski definition) is 1. The van der Waals surface area contributed by atoms with E-state index in [9.17, 15) is 4.79 Å². The van der Waals surface area contributed by atoms with Gasteiger partial charge in [0, 0.05) is 6.92 Å². The number of benzene rings is 2. The number of unbranched alkanes of at least 4 members (excludes halogenated alkanes) is 2. The molecule has 1 aliphatic carbocycles. The van der Waals surface area contributed by atoms with Gasteiger partial charge in [0.05, 0.1) is 6.54 Å². The van der Waals surface area contributed by atoms with Gasteiger partial charge in [-0.25, -0.2) is 9.13 Å². The number of primary amides is 1. The number of hydrogen-bond donors (Lipinski definition) is 1. The van der Waals surface area contributed by atoms with Crippen LogP contribution in [0, 0.1) is 12.8 Å². The number of carbonyl (C=O) groups excluding carboxylic acids is 1. The second-order valence-electron chi connectivity index (χ2n) is 9.22.